The second-order valence-corrected chi connectivity index (χ2v) is 4.21. The van der Waals surface area contributed by atoms with Crippen molar-refractivity contribution >= 4 is 23.5 Å². The van der Waals surface area contributed by atoms with Crippen molar-refractivity contribution in [1.82, 2.24) is 4.98 Å². The maximum atomic E-state index is 11.6. The maximum absolute atomic E-state index is 11.6. The van der Waals surface area contributed by atoms with Gasteiger partial charge in [-0.2, -0.15) is 12.6 Å². The van der Waals surface area contributed by atoms with E-state index in [1.165, 1.54) is 6.07 Å². The van der Waals surface area contributed by atoms with Crippen molar-refractivity contribution in [2.45, 2.75) is 12.2 Å². The number of benzene rings is 1. The molecule has 17 heavy (non-hydrogen) atoms. The molecular weight excluding hydrogens is 238 g/mol. The van der Waals surface area contributed by atoms with Gasteiger partial charge in [-0.25, -0.2) is 0 Å². The molecule has 3 N–H and O–H groups in total. The smallest absolute Gasteiger partial charge is 0.189 e. The van der Waals surface area contributed by atoms with Gasteiger partial charge in [0.2, 0.25) is 0 Å². The first kappa shape index (κ1) is 12.2. The van der Waals surface area contributed by atoms with Crippen LogP contribution >= 0.6 is 12.6 Å². The van der Waals surface area contributed by atoms with E-state index in [2.05, 4.69) is 17.6 Å². The second-order valence-electron chi connectivity index (χ2n) is 3.84. The van der Waals surface area contributed by atoms with Crippen molar-refractivity contribution < 1.29 is 10.2 Å². The zero-order valence-electron chi connectivity index (χ0n) is 9.00. The average molecular weight is 251 g/mol. The molecule has 2 unspecified atom stereocenters. The zero-order chi connectivity index (χ0) is 12.4. The van der Waals surface area contributed by atoms with E-state index in [1.807, 2.05) is 0 Å². The summed E-state index contributed by atoms with van der Waals surface area (Å²) in [6, 6.07) is 6.40. The molecule has 0 radical (unpaired) electrons. The van der Waals surface area contributed by atoms with Gasteiger partial charge in [0.1, 0.15) is 6.10 Å². The lowest BCUT2D eigenvalue weighted by atomic mass is 10.0. The Kier molecular flexibility index (Phi) is 3.51. The summed E-state index contributed by atoms with van der Waals surface area (Å²) in [6.45, 7) is 0. The van der Waals surface area contributed by atoms with Crippen molar-refractivity contribution in [3.05, 3.63) is 46.2 Å². The van der Waals surface area contributed by atoms with Crippen molar-refractivity contribution in [2.24, 2.45) is 0 Å². The summed E-state index contributed by atoms with van der Waals surface area (Å²) in [5.74, 6) is 0.157. The molecule has 1 heterocycles. The van der Waals surface area contributed by atoms with Crippen LogP contribution in [-0.2, 0) is 0 Å². The Balaban J connectivity index is 2.51. The summed E-state index contributed by atoms with van der Waals surface area (Å²) < 4.78 is 0. The molecule has 5 heteroatoms. The van der Waals surface area contributed by atoms with Crippen molar-refractivity contribution in [1.29, 1.82) is 0 Å². The van der Waals surface area contributed by atoms with E-state index < -0.39 is 12.2 Å². The predicted octanol–water partition coefficient (Wildman–Crippen LogP) is 0.852. The van der Waals surface area contributed by atoms with E-state index in [1.54, 1.807) is 24.4 Å². The molecule has 0 aliphatic heterocycles. The summed E-state index contributed by atoms with van der Waals surface area (Å²) in [5.41, 5.74) is 1.10. The molecule has 2 rings (SSSR count). The van der Waals surface area contributed by atoms with Gasteiger partial charge in [0, 0.05) is 28.9 Å². The fraction of sp³-hybridized carbons (Fsp3) is 0.250. The largest absolute Gasteiger partial charge is 0.389 e. The van der Waals surface area contributed by atoms with E-state index in [4.69, 9.17) is 0 Å². The Bertz CT molecular complexity index is 581. The third-order valence-electron chi connectivity index (χ3n) is 2.68. The van der Waals surface area contributed by atoms with Gasteiger partial charge in [0.15, 0.2) is 5.43 Å². The fourth-order valence-corrected chi connectivity index (χ4v) is 1.89. The van der Waals surface area contributed by atoms with Crippen molar-refractivity contribution in [2.75, 3.05) is 5.75 Å². The first-order valence-electron chi connectivity index (χ1n) is 5.22. The number of H-pyrrole nitrogens is 1. The molecule has 1 aromatic heterocycles. The van der Waals surface area contributed by atoms with Crippen molar-refractivity contribution in [3.63, 3.8) is 0 Å². The number of hydrogen-bond acceptors (Lipinski definition) is 4. The van der Waals surface area contributed by atoms with Gasteiger partial charge in [-0.3, -0.25) is 4.79 Å². The molecule has 1 aromatic carbocycles. The number of aliphatic hydroxyl groups is 2. The number of nitrogens with one attached hydrogen (secondary N) is 1. The number of aromatic nitrogens is 1. The molecule has 0 fully saturated rings. The number of thiol groups is 1. The molecule has 2 aromatic rings. The van der Waals surface area contributed by atoms with Crippen LogP contribution in [0.15, 0.2) is 35.3 Å². The Morgan fingerprint density at radius 2 is 2.06 bits per heavy atom. The Labute approximate surface area is 103 Å². The summed E-state index contributed by atoms with van der Waals surface area (Å²) in [7, 11) is 0. The molecular formula is C12H13NO3S. The van der Waals surface area contributed by atoms with Gasteiger partial charge in [-0.05, 0) is 17.7 Å². The quantitative estimate of drug-likeness (QED) is 0.611. The van der Waals surface area contributed by atoms with Gasteiger partial charge in [0.25, 0.3) is 0 Å². The number of rotatable bonds is 3. The number of pyridine rings is 1. The predicted molar refractivity (Wildman–Crippen MR) is 69.4 cm³/mol. The van der Waals surface area contributed by atoms with Crippen LogP contribution < -0.4 is 5.43 Å². The normalized spacial score (nSPS) is 14.8. The van der Waals surface area contributed by atoms with Crippen LogP contribution in [0.4, 0.5) is 0 Å². The molecule has 0 saturated heterocycles. The minimum absolute atomic E-state index is 0.117. The van der Waals surface area contributed by atoms with Gasteiger partial charge in [-0.1, -0.05) is 6.07 Å². The minimum atomic E-state index is -1.03. The maximum Gasteiger partial charge on any atom is 0.189 e. The van der Waals surface area contributed by atoms with E-state index in [-0.39, 0.29) is 11.2 Å². The topological polar surface area (TPSA) is 73.3 Å². The lowest BCUT2D eigenvalue weighted by molar-refractivity contribution is 0.0338. The third kappa shape index (κ3) is 2.36. The van der Waals surface area contributed by atoms with Crippen LogP contribution in [0.5, 0.6) is 0 Å². The van der Waals surface area contributed by atoms with Crippen LogP contribution in [0.2, 0.25) is 0 Å². The van der Waals surface area contributed by atoms with E-state index in [9.17, 15) is 15.0 Å². The third-order valence-corrected chi connectivity index (χ3v) is 3.05. The molecule has 0 spiro atoms. The Morgan fingerprint density at radius 3 is 2.76 bits per heavy atom. The lowest BCUT2D eigenvalue weighted by Gasteiger charge is -2.16. The number of aromatic amines is 1. The molecule has 0 aliphatic carbocycles. The first-order chi connectivity index (χ1) is 8.13. The van der Waals surface area contributed by atoms with Crippen molar-refractivity contribution in [3.8, 4) is 0 Å². The van der Waals surface area contributed by atoms with Crippen LogP contribution in [0, 0.1) is 0 Å². The van der Waals surface area contributed by atoms with Gasteiger partial charge in [0.05, 0.1) is 6.10 Å². The van der Waals surface area contributed by atoms with Crippen LogP contribution in [0.1, 0.15) is 11.7 Å². The average Bonchev–Trinajstić information content (AvgIpc) is 2.37. The number of aliphatic hydroxyl groups excluding tert-OH is 2. The van der Waals surface area contributed by atoms with Crippen LogP contribution in [0.3, 0.4) is 0 Å². The number of hydrogen-bond donors (Lipinski definition) is 4. The minimum Gasteiger partial charge on any atom is -0.389 e. The summed E-state index contributed by atoms with van der Waals surface area (Å²) in [6.07, 6.45) is -0.404. The summed E-state index contributed by atoms with van der Waals surface area (Å²) in [4.78, 5) is 14.6. The molecule has 2 atom stereocenters. The van der Waals surface area contributed by atoms with Gasteiger partial charge in [-0.15, -0.1) is 0 Å². The highest BCUT2D eigenvalue weighted by atomic mass is 32.1. The standard InChI is InChI=1S/C12H13NO3S/c14-10-3-4-13-9-2-1-7(5-8(9)10)12(16)11(15)6-17/h1-5,11-12,15-17H,6H2,(H,13,14). The molecule has 4 nitrogen and oxygen atoms in total. The summed E-state index contributed by atoms with van der Waals surface area (Å²) >= 11 is 3.92. The lowest BCUT2D eigenvalue weighted by Crippen LogP contribution is -2.19. The Hall–Kier alpha value is -1.30. The highest BCUT2D eigenvalue weighted by Gasteiger charge is 2.17. The molecule has 0 aliphatic rings. The SMILES string of the molecule is O=c1cc[nH]c2ccc(C(O)C(O)CS)cc12. The Morgan fingerprint density at radius 1 is 1.29 bits per heavy atom. The van der Waals surface area contributed by atoms with Gasteiger partial charge >= 0.3 is 0 Å². The zero-order valence-corrected chi connectivity index (χ0v) is 9.89. The summed E-state index contributed by atoms with van der Waals surface area (Å²) in [5, 5.41) is 19.8. The fourth-order valence-electron chi connectivity index (χ4n) is 1.69. The highest BCUT2D eigenvalue weighted by Crippen LogP contribution is 2.20. The highest BCUT2D eigenvalue weighted by molar-refractivity contribution is 7.80. The molecule has 0 amide bonds. The molecule has 0 bridgehead atoms. The van der Waals surface area contributed by atoms with Gasteiger partial charge < -0.3 is 15.2 Å². The van der Waals surface area contributed by atoms with Crippen LogP contribution in [0.25, 0.3) is 10.9 Å². The molecule has 90 valence electrons. The van der Waals surface area contributed by atoms with Crippen LogP contribution in [-0.4, -0.2) is 27.1 Å². The van der Waals surface area contributed by atoms with E-state index in [0.29, 0.717) is 16.5 Å². The number of fused-ring (bicyclic) bond motifs is 1. The first-order valence-corrected chi connectivity index (χ1v) is 5.85. The second kappa shape index (κ2) is 4.91. The van der Waals surface area contributed by atoms with E-state index >= 15 is 0 Å². The van der Waals surface area contributed by atoms with E-state index in [0.717, 1.165) is 0 Å². The monoisotopic (exact) mass is 251 g/mol. The molecule has 0 saturated carbocycles.